The maximum atomic E-state index is 10.7. The molecule has 0 saturated carbocycles. The fourth-order valence-corrected chi connectivity index (χ4v) is 3.41. The number of anilines is 1. The molecule has 1 aromatic heterocycles. The second-order valence-corrected chi connectivity index (χ2v) is 7.94. The quantitative estimate of drug-likeness (QED) is 0.338. The lowest BCUT2D eigenvalue weighted by molar-refractivity contribution is 0.378. The lowest BCUT2D eigenvalue weighted by Crippen LogP contribution is -2.04. The van der Waals surface area contributed by atoms with E-state index in [0.717, 1.165) is 0 Å². The van der Waals surface area contributed by atoms with Crippen LogP contribution in [0.2, 0.25) is 0 Å². The minimum Gasteiger partial charge on any atom is -0.338 e. The van der Waals surface area contributed by atoms with Gasteiger partial charge in [-0.1, -0.05) is 12.2 Å². The van der Waals surface area contributed by atoms with E-state index in [1.807, 2.05) is 0 Å². The second kappa shape index (κ2) is 4.34. The summed E-state index contributed by atoms with van der Waals surface area (Å²) in [4.78, 5) is 21.4. The zero-order valence-electron chi connectivity index (χ0n) is 6.75. The van der Waals surface area contributed by atoms with Gasteiger partial charge in [0, 0.05) is 0 Å². The Balaban J connectivity index is 2.86. The predicted molar refractivity (Wildman–Crippen MR) is 64.1 cm³/mol. The molecule has 9 heteroatoms. The molecule has 0 aliphatic rings. The molecule has 0 aliphatic heterocycles. The Morgan fingerprint density at radius 2 is 2.36 bits per heavy atom. The summed E-state index contributed by atoms with van der Waals surface area (Å²) in [6, 6.07) is 0. The fourth-order valence-electron chi connectivity index (χ4n) is 0.743. The second-order valence-electron chi connectivity index (χ2n) is 2.48. The number of hydrogen-bond acceptors (Lipinski definition) is 4. The number of nitrogens with two attached hydrogens (primary N) is 1. The van der Waals surface area contributed by atoms with Crippen molar-refractivity contribution in [2.45, 2.75) is 0 Å². The highest BCUT2D eigenvalue weighted by Crippen LogP contribution is 2.38. The van der Waals surface area contributed by atoms with Gasteiger partial charge in [0.2, 0.25) is 0 Å². The molecule has 0 amide bonds. The Labute approximate surface area is 95.7 Å². The van der Waals surface area contributed by atoms with Gasteiger partial charge in [0.1, 0.15) is 14.6 Å². The normalized spacial score (nSPS) is 12.9. The zero-order chi connectivity index (χ0) is 10.9. The van der Waals surface area contributed by atoms with E-state index in [1.54, 1.807) is 5.38 Å². The van der Waals surface area contributed by atoms with Crippen molar-refractivity contribution < 1.29 is 14.4 Å². The Hall–Kier alpha value is 0.150. The van der Waals surface area contributed by atoms with E-state index >= 15 is 0 Å². The molecule has 14 heavy (non-hydrogen) atoms. The number of nitrogen functional groups attached to an aromatic ring is 1. The molecule has 0 bridgehead atoms. The van der Waals surface area contributed by atoms with Crippen LogP contribution in [0, 0.1) is 0 Å². The van der Waals surface area contributed by atoms with Gasteiger partial charge in [-0.25, -0.2) is 0 Å². The van der Waals surface area contributed by atoms with Crippen LogP contribution in [0.25, 0.3) is 0 Å². The van der Waals surface area contributed by atoms with Crippen molar-refractivity contribution in [2.24, 2.45) is 0 Å². The average Bonchev–Trinajstić information content (AvgIpc) is 2.28. The number of aromatic nitrogens is 1. The van der Waals surface area contributed by atoms with Gasteiger partial charge in [0.15, 0.2) is 5.38 Å². The SMILES string of the molecule is Nc1nc(C(=S)CP(=O)(O)O)c[s+]1Br. The van der Waals surface area contributed by atoms with E-state index in [1.165, 1.54) is 0 Å². The van der Waals surface area contributed by atoms with Crippen LogP contribution in [0.15, 0.2) is 5.38 Å². The van der Waals surface area contributed by atoms with Crippen LogP contribution < -0.4 is 5.73 Å². The molecule has 0 saturated heterocycles. The maximum Gasteiger partial charge on any atom is 0.349 e. The molecule has 4 N–H and O–H groups in total. The summed E-state index contributed by atoms with van der Waals surface area (Å²) >= 11 is 8.06. The van der Waals surface area contributed by atoms with Crippen molar-refractivity contribution in [1.29, 1.82) is 0 Å². The number of rotatable bonds is 3. The van der Waals surface area contributed by atoms with Crippen LogP contribution in [-0.2, 0) is 4.57 Å². The van der Waals surface area contributed by atoms with E-state index in [-0.39, 0.29) is 4.86 Å². The highest BCUT2D eigenvalue weighted by Gasteiger charge is 2.23. The molecule has 1 rings (SSSR count). The first-order chi connectivity index (χ1) is 6.29. The van der Waals surface area contributed by atoms with E-state index < -0.39 is 22.7 Å². The molecule has 1 heterocycles. The van der Waals surface area contributed by atoms with Gasteiger partial charge in [-0.2, -0.15) is 4.98 Å². The van der Waals surface area contributed by atoms with Crippen LogP contribution in [0.3, 0.4) is 0 Å². The first-order valence-electron chi connectivity index (χ1n) is 3.33. The molecule has 1 atom stereocenters. The number of hydrogen-bond donors (Lipinski definition) is 3. The zero-order valence-corrected chi connectivity index (χ0v) is 10.9. The molecular weight excluding hydrogens is 311 g/mol. The van der Waals surface area contributed by atoms with E-state index in [9.17, 15) is 4.57 Å². The maximum absolute atomic E-state index is 10.7. The lowest BCUT2D eigenvalue weighted by Gasteiger charge is -2.00. The molecule has 0 spiro atoms. The van der Waals surface area contributed by atoms with E-state index in [0.29, 0.717) is 10.8 Å². The van der Waals surface area contributed by atoms with Gasteiger partial charge in [0.25, 0.3) is 14.8 Å². The number of nitrogens with zero attached hydrogens (tertiary/aromatic N) is 1. The molecule has 0 aromatic carbocycles. The predicted octanol–water partition coefficient (Wildman–Crippen LogP) is 1.47. The Morgan fingerprint density at radius 3 is 2.71 bits per heavy atom. The first-order valence-corrected chi connectivity index (χ1v) is 8.66. The molecular formula is C5H7BrN2O3PS2+. The van der Waals surface area contributed by atoms with E-state index in [4.69, 9.17) is 27.7 Å². The molecule has 1 aromatic rings. The number of halogens is 1. The summed E-state index contributed by atoms with van der Waals surface area (Å²) in [7, 11) is -4.58. The summed E-state index contributed by atoms with van der Waals surface area (Å²) in [5.74, 6) is 0. The number of thiazole rings is 1. The van der Waals surface area contributed by atoms with Crippen LogP contribution in [0.5, 0.6) is 0 Å². The van der Waals surface area contributed by atoms with Gasteiger partial charge in [-0.15, -0.1) is 0 Å². The standard InChI is InChI=1S/C5H6BrN2O3PS2/c6-14-2-3(8-5(14)7)4(13)1-12(9,10)11/h2H,1H2,(H3-,7,8,9,10,11)/p+1. The third-order valence-electron chi connectivity index (χ3n) is 1.28. The molecule has 0 fully saturated rings. The van der Waals surface area contributed by atoms with Gasteiger partial charge < -0.3 is 15.5 Å². The molecule has 5 nitrogen and oxygen atoms in total. The van der Waals surface area contributed by atoms with E-state index in [2.05, 4.69) is 19.8 Å². The van der Waals surface area contributed by atoms with Crippen molar-refractivity contribution in [2.75, 3.05) is 11.9 Å². The van der Waals surface area contributed by atoms with Crippen molar-refractivity contribution >= 4 is 53.5 Å². The Bertz CT molecular complexity index is 396. The third-order valence-corrected chi connectivity index (χ3v) is 5.05. The summed E-state index contributed by atoms with van der Waals surface area (Å²) < 4.78 is 10.7. The topological polar surface area (TPSA) is 96.4 Å². The minimum absolute atomic E-state index is 0.135. The average molecular weight is 318 g/mol. The van der Waals surface area contributed by atoms with Crippen LogP contribution >= 0.6 is 43.5 Å². The summed E-state index contributed by atoms with van der Waals surface area (Å²) in [6.45, 7) is 0. The summed E-state index contributed by atoms with van der Waals surface area (Å²) in [5.41, 5.74) is 5.86. The fraction of sp³-hybridized carbons (Fsp3) is 0.200. The number of thiocarbonyl (C=S) groups is 1. The largest absolute Gasteiger partial charge is 0.349 e. The lowest BCUT2D eigenvalue weighted by atomic mass is 10.4. The van der Waals surface area contributed by atoms with Gasteiger partial charge in [-0.05, 0) is 0 Å². The molecule has 0 aliphatic carbocycles. The third kappa shape index (κ3) is 3.38. The highest BCUT2D eigenvalue weighted by molar-refractivity contribution is 9.34. The van der Waals surface area contributed by atoms with Crippen molar-refractivity contribution in [3.8, 4) is 0 Å². The summed E-state index contributed by atoms with van der Waals surface area (Å²) in [5, 5.41) is 2.01. The van der Waals surface area contributed by atoms with Crippen molar-refractivity contribution in [3.05, 3.63) is 11.1 Å². The monoisotopic (exact) mass is 317 g/mol. The minimum atomic E-state index is -4.12. The van der Waals surface area contributed by atoms with Gasteiger partial charge >= 0.3 is 12.7 Å². The first kappa shape index (κ1) is 12.2. The van der Waals surface area contributed by atoms with Crippen molar-refractivity contribution in [3.63, 3.8) is 0 Å². The summed E-state index contributed by atoms with van der Waals surface area (Å²) in [6.07, 6.45) is -0.463. The highest BCUT2D eigenvalue weighted by atomic mass is 79.9. The smallest absolute Gasteiger partial charge is 0.338 e. The van der Waals surface area contributed by atoms with Gasteiger partial charge in [0.05, 0.1) is 11.0 Å². The molecule has 1 unspecified atom stereocenters. The Morgan fingerprint density at radius 1 is 1.79 bits per heavy atom. The van der Waals surface area contributed by atoms with Crippen LogP contribution in [0.1, 0.15) is 5.69 Å². The molecule has 0 radical (unpaired) electrons. The molecule has 78 valence electrons. The van der Waals surface area contributed by atoms with Gasteiger partial charge in [-0.3, -0.25) is 4.57 Å². The Kier molecular flexibility index (Phi) is 3.79. The van der Waals surface area contributed by atoms with Crippen LogP contribution in [0.4, 0.5) is 5.13 Å². The van der Waals surface area contributed by atoms with Crippen LogP contribution in [-0.4, -0.2) is 25.8 Å². The van der Waals surface area contributed by atoms with Crippen molar-refractivity contribution in [1.82, 2.24) is 4.98 Å².